The lowest BCUT2D eigenvalue weighted by atomic mass is 10.3. The molecule has 1 aromatic rings. The van der Waals surface area contributed by atoms with Gasteiger partial charge in [-0.2, -0.15) is 0 Å². The van der Waals surface area contributed by atoms with Crippen LogP contribution < -0.4 is 10.0 Å². The van der Waals surface area contributed by atoms with Crippen molar-refractivity contribution in [3.05, 3.63) is 28.0 Å². The SMILES string of the molecule is CCNCCCCS(=O)(=O)Nc1c(Cl)cc(F)cc1Cl. The lowest BCUT2D eigenvalue weighted by molar-refractivity contribution is 0.593. The fourth-order valence-electron chi connectivity index (χ4n) is 1.57. The van der Waals surface area contributed by atoms with E-state index in [4.69, 9.17) is 23.2 Å². The Morgan fingerprint density at radius 2 is 1.80 bits per heavy atom. The van der Waals surface area contributed by atoms with E-state index in [9.17, 15) is 12.8 Å². The fraction of sp³-hybridized carbons (Fsp3) is 0.500. The van der Waals surface area contributed by atoms with E-state index in [1.54, 1.807) is 0 Å². The minimum Gasteiger partial charge on any atom is -0.317 e. The number of hydrogen-bond acceptors (Lipinski definition) is 3. The maximum Gasteiger partial charge on any atom is 0.232 e. The Hall–Kier alpha value is -0.560. The summed E-state index contributed by atoms with van der Waals surface area (Å²) in [5.74, 6) is -0.656. The lowest BCUT2D eigenvalue weighted by Gasteiger charge is -2.11. The van der Waals surface area contributed by atoms with Crippen LogP contribution in [0.3, 0.4) is 0 Å². The molecule has 0 aliphatic carbocycles. The molecule has 0 radical (unpaired) electrons. The Bertz CT molecular complexity index is 529. The first kappa shape index (κ1) is 17.5. The molecule has 20 heavy (non-hydrogen) atoms. The average molecular weight is 343 g/mol. The Labute approximate surface area is 128 Å². The summed E-state index contributed by atoms with van der Waals surface area (Å²) in [4.78, 5) is 0. The summed E-state index contributed by atoms with van der Waals surface area (Å²) in [6.45, 7) is 3.60. The van der Waals surface area contributed by atoms with Gasteiger partial charge in [-0.3, -0.25) is 4.72 Å². The predicted octanol–water partition coefficient (Wildman–Crippen LogP) is 3.26. The van der Waals surface area contributed by atoms with Crippen LogP contribution in [-0.4, -0.2) is 27.3 Å². The van der Waals surface area contributed by atoms with Crippen LogP contribution in [0.1, 0.15) is 19.8 Å². The van der Waals surface area contributed by atoms with Crippen LogP contribution in [0.5, 0.6) is 0 Å². The molecule has 0 unspecified atom stereocenters. The first-order chi connectivity index (χ1) is 9.35. The van der Waals surface area contributed by atoms with Gasteiger partial charge in [-0.25, -0.2) is 12.8 Å². The third kappa shape index (κ3) is 5.83. The van der Waals surface area contributed by atoms with Gasteiger partial charge in [-0.15, -0.1) is 0 Å². The second kappa shape index (κ2) is 8.02. The van der Waals surface area contributed by atoms with Gasteiger partial charge >= 0.3 is 0 Å². The third-order valence-electron chi connectivity index (χ3n) is 2.53. The van der Waals surface area contributed by atoms with Crippen molar-refractivity contribution in [3.63, 3.8) is 0 Å². The molecule has 4 nitrogen and oxygen atoms in total. The average Bonchev–Trinajstić information content (AvgIpc) is 2.33. The zero-order valence-electron chi connectivity index (χ0n) is 11.0. The zero-order valence-corrected chi connectivity index (χ0v) is 13.4. The summed E-state index contributed by atoms with van der Waals surface area (Å²) in [5.41, 5.74) is 0.0152. The van der Waals surface area contributed by atoms with Crippen LogP contribution in [0.15, 0.2) is 12.1 Å². The highest BCUT2D eigenvalue weighted by atomic mass is 35.5. The summed E-state index contributed by atoms with van der Waals surface area (Å²) in [7, 11) is -3.55. The molecule has 0 saturated carbocycles. The number of hydrogen-bond donors (Lipinski definition) is 2. The molecule has 1 rings (SSSR count). The Kier molecular flexibility index (Phi) is 7.02. The van der Waals surface area contributed by atoms with Crippen molar-refractivity contribution in [1.29, 1.82) is 0 Å². The highest BCUT2D eigenvalue weighted by Gasteiger charge is 2.16. The smallest absolute Gasteiger partial charge is 0.232 e. The van der Waals surface area contributed by atoms with Gasteiger partial charge in [0.2, 0.25) is 10.0 Å². The minimum atomic E-state index is -3.55. The van der Waals surface area contributed by atoms with Crippen LogP contribution in [-0.2, 0) is 10.0 Å². The van der Waals surface area contributed by atoms with Gasteiger partial charge in [0, 0.05) is 0 Å². The largest absolute Gasteiger partial charge is 0.317 e. The maximum atomic E-state index is 13.0. The Morgan fingerprint density at radius 3 is 2.35 bits per heavy atom. The second-order valence-electron chi connectivity index (χ2n) is 4.23. The Balaban J connectivity index is 2.63. The fourth-order valence-corrected chi connectivity index (χ4v) is 3.45. The van der Waals surface area contributed by atoms with Crippen molar-refractivity contribution < 1.29 is 12.8 Å². The molecule has 2 N–H and O–H groups in total. The molecular formula is C12H17Cl2FN2O2S. The summed E-state index contributed by atoms with van der Waals surface area (Å²) < 4.78 is 39.1. The van der Waals surface area contributed by atoms with Gasteiger partial charge in [0.25, 0.3) is 0 Å². The molecule has 0 aliphatic rings. The maximum absolute atomic E-state index is 13.0. The first-order valence-electron chi connectivity index (χ1n) is 6.21. The molecule has 0 bridgehead atoms. The van der Waals surface area contributed by atoms with Crippen molar-refractivity contribution in [2.24, 2.45) is 0 Å². The summed E-state index contributed by atoms with van der Waals surface area (Å²) in [5, 5.41) is 2.98. The molecule has 0 fully saturated rings. The molecule has 8 heteroatoms. The summed E-state index contributed by atoms with van der Waals surface area (Å²) in [6.07, 6.45) is 1.26. The molecule has 1 aromatic carbocycles. The minimum absolute atomic E-state index is 0.0152. The van der Waals surface area contributed by atoms with Gasteiger partial charge in [0.05, 0.1) is 21.5 Å². The van der Waals surface area contributed by atoms with E-state index >= 15 is 0 Å². The van der Waals surface area contributed by atoms with Crippen molar-refractivity contribution >= 4 is 38.9 Å². The van der Waals surface area contributed by atoms with E-state index in [2.05, 4.69) is 10.0 Å². The van der Waals surface area contributed by atoms with Gasteiger partial charge in [-0.1, -0.05) is 30.1 Å². The van der Waals surface area contributed by atoms with E-state index in [0.29, 0.717) is 6.42 Å². The molecular weight excluding hydrogens is 326 g/mol. The van der Waals surface area contributed by atoms with E-state index in [1.165, 1.54) is 0 Å². The van der Waals surface area contributed by atoms with Crippen molar-refractivity contribution in [3.8, 4) is 0 Å². The van der Waals surface area contributed by atoms with Crippen LogP contribution >= 0.6 is 23.2 Å². The van der Waals surface area contributed by atoms with E-state index in [0.717, 1.165) is 31.6 Å². The van der Waals surface area contributed by atoms with Crippen molar-refractivity contribution in [2.45, 2.75) is 19.8 Å². The van der Waals surface area contributed by atoms with Crippen molar-refractivity contribution in [1.82, 2.24) is 5.32 Å². The number of anilines is 1. The quantitative estimate of drug-likeness (QED) is 0.713. The third-order valence-corrected chi connectivity index (χ3v) is 4.47. The van der Waals surface area contributed by atoms with Gasteiger partial charge in [0.1, 0.15) is 5.82 Å². The van der Waals surface area contributed by atoms with Crippen LogP contribution in [0.4, 0.5) is 10.1 Å². The van der Waals surface area contributed by atoms with E-state index < -0.39 is 15.8 Å². The molecule has 0 aromatic heterocycles. The number of rotatable bonds is 8. The number of benzene rings is 1. The van der Waals surface area contributed by atoms with Gasteiger partial charge in [-0.05, 0) is 38.1 Å². The van der Waals surface area contributed by atoms with Crippen LogP contribution in [0, 0.1) is 5.82 Å². The van der Waals surface area contributed by atoms with Gasteiger partial charge < -0.3 is 5.32 Å². The number of nitrogens with one attached hydrogen (secondary N) is 2. The molecule has 0 spiro atoms. The van der Waals surface area contributed by atoms with Crippen LogP contribution in [0.25, 0.3) is 0 Å². The van der Waals surface area contributed by atoms with Crippen molar-refractivity contribution in [2.75, 3.05) is 23.6 Å². The van der Waals surface area contributed by atoms with E-state index in [-0.39, 0.29) is 21.5 Å². The number of sulfonamides is 1. The zero-order chi connectivity index (χ0) is 15.2. The highest BCUT2D eigenvalue weighted by Crippen LogP contribution is 2.32. The van der Waals surface area contributed by atoms with E-state index in [1.807, 2.05) is 6.92 Å². The normalized spacial score (nSPS) is 11.6. The number of halogens is 3. The predicted molar refractivity (Wildman–Crippen MR) is 81.6 cm³/mol. The molecule has 0 atom stereocenters. The summed E-state index contributed by atoms with van der Waals surface area (Å²) in [6, 6.07) is 2.02. The lowest BCUT2D eigenvalue weighted by Crippen LogP contribution is -2.19. The van der Waals surface area contributed by atoms with Crippen LogP contribution in [0.2, 0.25) is 10.0 Å². The molecule has 0 saturated heterocycles. The molecule has 0 aliphatic heterocycles. The highest BCUT2D eigenvalue weighted by molar-refractivity contribution is 7.92. The topological polar surface area (TPSA) is 58.2 Å². The molecule has 0 heterocycles. The standard InChI is InChI=1S/C12H17Cl2FN2O2S/c1-2-16-5-3-4-6-20(18,19)17-12-10(13)7-9(15)8-11(12)14/h7-8,16-17H,2-6H2,1H3. The first-order valence-corrected chi connectivity index (χ1v) is 8.62. The molecule has 114 valence electrons. The molecule has 0 amide bonds. The monoisotopic (exact) mass is 342 g/mol. The summed E-state index contributed by atoms with van der Waals surface area (Å²) >= 11 is 11.6. The van der Waals surface area contributed by atoms with Gasteiger partial charge in [0.15, 0.2) is 0 Å². The second-order valence-corrected chi connectivity index (χ2v) is 6.88. The Morgan fingerprint density at radius 1 is 1.20 bits per heavy atom. The number of unbranched alkanes of at least 4 members (excludes halogenated alkanes) is 1.